The predicted octanol–water partition coefficient (Wildman–Crippen LogP) is 1.95. The normalized spacial score (nSPS) is 12.7. The third-order valence-corrected chi connectivity index (χ3v) is 2.73. The summed E-state index contributed by atoms with van der Waals surface area (Å²) in [5.41, 5.74) is 6.43. The number of aromatic amines is 1. The van der Waals surface area contributed by atoms with Gasteiger partial charge in [-0.05, 0) is 24.1 Å². The van der Waals surface area contributed by atoms with E-state index in [0.29, 0.717) is 22.3 Å². The summed E-state index contributed by atoms with van der Waals surface area (Å²) in [4.78, 5) is 3.94. The van der Waals surface area contributed by atoms with Gasteiger partial charge in [0.2, 0.25) is 0 Å². The standard InChI is InChI=1S/C10H10BrFN4/c11-7-2-1-6(8(12)4-7)3-9(13)10-14-5-15-16-10/h1-2,4-5,9H,3,13H2,(H,14,15,16). The molecule has 0 amide bonds. The fourth-order valence-corrected chi connectivity index (χ4v) is 1.75. The van der Waals surface area contributed by atoms with E-state index in [-0.39, 0.29) is 11.9 Å². The summed E-state index contributed by atoms with van der Waals surface area (Å²) in [6.45, 7) is 0. The first kappa shape index (κ1) is 11.2. The maximum atomic E-state index is 13.5. The first-order valence-corrected chi connectivity index (χ1v) is 5.51. The minimum Gasteiger partial charge on any atom is -0.321 e. The minimum atomic E-state index is -0.377. The molecule has 1 heterocycles. The van der Waals surface area contributed by atoms with Gasteiger partial charge in [-0.15, -0.1) is 0 Å². The molecule has 0 saturated carbocycles. The number of H-pyrrole nitrogens is 1. The van der Waals surface area contributed by atoms with Gasteiger partial charge < -0.3 is 5.73 Å². The van der Waals surface area contributed by atoms with Gasteiger partial charge in [-0.1, -0.05) is 22.0 Å². The topological polar surface area (TPSA) is 67.6 Å². The van der Waals surface area contributed by atoms with E-state index in [1.165, 1.54) is 12.4 Å². The highest BCUT2D eigenvalue weighted by atomic mass is 79.9. The lowest BCUT2D eigenvalue weighted by molar-refractivity contribution is 0.584. The second-order valence-electron chi connectivity index (χ2n) is 3.42. The Morgan fingerprint density at radius 2 is 2.31 bits per heavy atom. The molecule has 2 aromatic rings. The molecule has 1 aromatic carbocycles. The molecule has 1 aromatic heterocycles. The van der Waals surface area contributed by atoms with Crippen molar-refractivity contribution in [1.82, 2.24) is 15.2 Å². The Bertz CT molecular complexity index is 472. The van der Waals surface area contributed by atoms with E-state index in [2.05, 4.69) is 31.1 Å². The van der Waals surface area contributed by atoms with Crippen LogP contribution in [0.3, 0.4) is 0 Å². The third kappa shape index (κ3) is 2.45. The van der Waals surface area contributed by atoms with E-state index in [0.717, 1.165) is 0 Å². The number of aromatic nitrogens is 3. The molecule has 1 atom stereocenters. The van der Waals surface area contributed by atoms with Crippen LogP contribution >= 0.6 is 15.9 Å². The predicted molar refractivity (Wildman–Crippen MR) is 61.1 cm³/mol. The lowest BCUT2D eigenvalue weighted by Gasteiger charge is -2.09. The van der Waals surface area contributed by atoms with Gasteiger partial charge in [0, 0.05) is 4.47 Å². The van der Waals surface area contributed by atoms with Crippen LogP contribution in [0.4, 0.5) is 4.39 Å². The van der Waals surface area contributed by atoms with Crippen LogP contribution in [0.2, 0.25) is 0 Å². The quantitative estimate of drug-likeness (QED) is 0.905. The summed E-state index contributed by atoms with van der Waals surface area (Å²) >= 11 is 3.20. The van der Waals surface area contributed by atoms with Crippen molar-refractivity contribution in [3.05, 3.63) is 46.2 Å². The van der Waals surface area contributed by atoms with Crippen molar-refractivity contribution in [2.45, 2.75) is 12.5 Å². The monoisotopic (exact) mass is 284 g/mol. The van der Waals surface area contributed by atoms with E-state index in [1.807, 2.05) is 0 Å². The van der Waals surface area contributed by atoms with Gasteiger partial charge in [-0.25, -0.2) is 9.37 Å². The molecule has 0 spiro atoms. The highest BCUT2D eigenvalue weighted by Crippen LogP contribution is 2.19. The SMILES string of the molecule is NC(Cc1ccc(Br)cc1F)c1ncn[nH]1. The van der Waals surface area contributed by atoms with E-state index in [9.17, 15) is 4.39 Å². The van der Waals surface area contributed by atoms with E-state index < -0.39 is 0 Å². The molecule has 0 aliphatic heterocycles. The molecule has 2 rings (SSSR count). The Labute approximate surface area is 100 Å². The summed E-state index contributed by atoms with van der Waals surface area (Å²) in [7, 11) is 0. The molecular weight excluding hydrogens is 275 g/mol. The lowest BCUT2D eigenvalue weighted by atomic mass is 10.1. The summed E-state index contributed by atoms with van der Waals surface area (Å²) in [6, 6.07) is 4.53. The Kier molecular flexibility index (Phi) is 3.31. The van der Waals surface area contributed by atoms with E-state index in [4.69, 9.17) is 5.73 Å². The number of hydrogen-bond donors (Lipinski definition) is 2. The van der Waals surface area contributed by atoms with Crippen molar-refractivity contribution < 1.29 is 4.39 Å². The third-order valence-electron chi connectivity index (χ3n) is 2.24. The largest absolute Gasteiger partial charge is 0.321 e. The molecule has 0 fully saturated rings. The van der Waals surface area contributed by atoms with Gasteiger partial charge >= 0.3 is 0 Å². The number of nitrogens with one attached hydrogen (secondary N) is 1. The van der Waals surface area contributed by atoms with Gasteiger partial charge in [0.15, 0.2) is 0 Å². The summed E-state index contributed by atoms with van der Waals surface area (Å²) in [5, 5.41) is 6.37. The maximum Gasteiger partial charge on any atom is 0.141 e. The average Bonchev–Trinajstić information content (AvgIpc) is 2.75. The number of rotatable bonds is 3. The number of nitrogens with two attached hydrogens (primary N) is 1. The molecule has 3 N–H and O–H groups in total. The van der Waals surface area contributed by atoms with Crippen LogP contribution in [0.25, 0.3) is 0 Å². The second-order valence-corrected chi connectivity index (χ2v) is 4.33. The highest BCUT2D eigenvalue weighted by Gasteiger charge is 2.12. The Hall–Kier alpha value is -1.27. The van der Waals surface area contributed by atoms with Crippen LogP contribution in [0.5, 0.6) is 0 Å². The van der Waals surface area contributed by atoms with Crippen molar-refractivity contribution in [2.24, 2.45) is 5.73 Å². The molecule has 0 aliphatic rings. The molecule has 16 heavy (non-hydrogen) atoms. The van der Waals surface area contributed by atoms with E-state index in [1.54, 1.807) is 12.1 Å². The smallest absolute Gasteiger partial charge is 0.141 e. The number of nitrogens with zero attached hydrogens (tertiary/aromatic N) is 2. The molecule has 0 saturated heterocycles. The molecule has 0 radical (unpaired) electrons. The van der Waals surface area contributed by atoms with Crippen molar-refractivity contribution in [3.63, 3.8) is 0 Å². The van der Waals surface area contributed by atoms with Crippen molar-refractivity contribution in [2.75, 3.05) is 0 Å². The zero-order chi connectivity index (χ0) is 11.5. The highest BCUT2D eigenvalue weighted by molar-refractivity contribution is 9.10. The molecule has 0 aliphatic carbocycles. The Morgan fingerprint density at radius 3 is 2.94 bits per heavy atom. The summed E-state index contributed by atoms with van der Waals surface area (Å²) in [5.74, 6) is 0.284. The number of benzene rings is 1. The van der Waals surface area contributed by atoms with Gasteiger partial charge in [0.1, 0.15) is 18.0 Å². The van der Waals surface area contributed by atoms with Crippen molar-refractivity contribution in [3.8, 4) is 0 Å². The molecule has 1 unspecified atom stereocenters. The van der Waals surface area contributed by atoms with Gasteiger partial charge in [0.25, 0.3) is 0 Å². The second kappa shape index (κ2) is 4.71. The Balaban J connectivity index is 2.15. The van der Waals surface area contributed by atoms with Crippen molar-refractivity contribution in [1.29, 1.82) is 0 Å². The van der Waals surface area contributed by atoms with Crippen LogP contribution in [0.1, 0.15) is 17.4 Å². The van der Waals surface area contributed by atoms with Gasteiger partial charge in [-0.2, -0.15) is 5.10 Å². The lowest BCUT2D eigenvalue weighted by Crippen LogP contribution is -2.15. The maximum absolute atomic E-state index is 13.5. The summed E-state index contributed by atoms with van der Waals surface area (Å²) < 4.78 is 14.2. The van der Waals surface area contributed by atoms with Crippen molar-refractivity contribution >= 4 is 15.9 Å². The van der Waals surface area contributed by atoms with Crippen LogP contribution in [0, 0.1) is 5.82 Å². The first-order chi connectivity index (χ1) is 7.66. The molecule has 6 heteroatoms. The number of halogens is 2. The fraction of sp³-hybridized carbons (Fsp3) is 0.200. The van der Waals surface area contributed by atoms with E-state index >= 15 is 0 Å². The van der Waals surface area contributed by atoms with Gasteiger partial charge in [-0.3, -0.25) is 5.10 Å². The van der Waals surface area contributed by atoms with Gasteiger partial charge in [0.05, 0.1) is 6.04 Å². The average molecular weight is 285 g/mol. The molecular formula is C10H10BrFN4. The van der Waals surface area contributed by atoms with Crippen LogP contribution in [0.15, 0.2) is 29.0 Å². The zero-order valence-corrected chi connectivity index (χ0v) is 9.91. The molecule has 0 bridgehead atoms. The summed E-state index contributed by atoms with van der Waals surface area (Å²) in [6.07, 6.45) is 1.77. The molecule has 4 nitrogen and oxygen atoms in total. The minimum absolute atomic E-state index is 0.274. The zero-order valence-electron chi connectivity index (χ0n) is 8.32. The first-order valence-electron chi connectivity index (χ1n) is 4.71. The van der Waals surface area contributed by atoms with Crippen LogP contribution in [-0.4, -0.2) is 15.2 Å². The molecule has 84 valence electrons. The Morgan fingerprint density at radius 1 is 1.50 bits per heavy atom. The fourth-order valence-electron chi connectivity index (χ4n) is 1.41. The van der Waals surface area contributed by atoms with Crippen LogP contribution in [-0.2, 0) is 6.42 Å². The number of hydrogen-bond acceptors (Lipinski definition) is 3. The van der Waals surface area contributed by atoms with Crippen LogP contribution < -0.4 is 5.73 Å².